The van der Waals surface area contributed by atoms with Crippen molar-refractivity contribution < 1.29 is 14.0 Å². The summed E-state index contributed by atoms with van der Waals surface area (Å²) < 4.78 is 13.0. The summed E-state index contributed by atoms with van der Waals surface area (Å²) in [7, 11) is 0. The third kappa shape index (κ3) is 5.87. The Hall–Kier alpha value is -2.40. The van der Waals surface area contributed by atoms with Gasteiger partial charge < -0.3 is 10.6 Å². The Bertz CT molecular complexity index is 730. The molecular formula is C19H20ClFN2O2. The van der Waals surface area contributed by atoms with Crippen LogP contribution >= 0.6 is 11.6 Å². The minimum atomic E-state index is -0.701. The standard InChI is InChI=1S/C19H20ClFN2O2/c1-12(2)11-17(19(25)22-16-9-7-15(21)8-10-16)23-18(24)13-3-5-14(20)6-4-13/h3-10,12,17H,11H2,1-2H3,(H,22,25)(H,23,24)/t17-/m1/s1. The van der Waals surface area contributed by atoms with Gasteiger partial charge in [0.1, 0.15) is 11.9 Å². The van der Waals surface area contributed by atoms with E-state index in [1.807, 2.05) is 13.8 Å². The number of benzene rings is 2. The predicted octanol–water partition coefficient (Wildman–Crippen LogP) is 4.26. The largest absolute Gasteiger partial charge is 0.340 e. The molecule has 2 aromatic rings. The number of rotatable bonds is 6. The molecule has 0 aliphatic heterocycles. The van der Waals surface area contributed by atoms with E-state index in [0.717, 1.165) is 0 Å². The van der Waals surface area contributed by atoms with E-state index in [2.05, 4.69) is 10.6 Å². The second-order valence-electron chi connectivity index (χ2n) is 6.16. The average molecular weight is 363 g/mol. The quantitative estimate of drug-likeness (QED) is 0.806. The van der Waals surface area contributed by atoms with Crippen LogP contribution in [0.15, 0.2) is 48.5 Å². The maximum absolute atomic E-state index is 13.0. The molecule has 0 bridgehead atoms. The number of carbonyl (C=O) groups is 2. The lowest BCUT2D eigenvalue weighted by atomic mass is 10.0. The fourth-order valence-electron chi connectivity index (χ4n) is 2.31. The Morgan fingerprint density at radius 2 is 1.64 bits per heavy atom. The Balaban J connectivity index is 2.08. The van der Waals surface area contributed by atoms with E-state index in [-0.39, 0.29) is 23.5 Å². The minimum absolute atomic E-state index is 0.203. The van der Waals surface area contributed by atoms with E-state index in [1.54, 1.807) is 24.3 Å². The SMILES string of the molecule is CC(C)C[C@@H](NC(=O)c1ccc(Cl)cc1)C(=O)Nc1ccc(F)cc1. The lowest BCUT2D eigenvalue weighted by molar-refractivity contribution is -0.118. The smallest absolute Gasteiger partial charge is 0.251 e. The second-order valence-corrected chi connectivity index (χ2v) is 6.60. The van der Waals surface area contributed by atoms with Crippen LogP contribution in [0, 0.1) is 11.7 Å². The van der Waals surface area contributed by atoms with Crippen molar-refractivity contribution in [3.05, 3.63) is 64.9 Å². The zero-order valence-corrected chi connectivity index (χ0v) is 14.8. The number of nitrogens with one attached hydrogen (secondary N) is 2. The maximum atomic E-state index is 13.0. The van der Waals surface area contributed by atoms with Crippen molar-refractivity contribution in [2.75, 3.05) is 5.32 Å². The van der Waals surface area contributed by atoms with E-state index < -0.39 is 6.04 Å². The molecule has 0 aliphatic carbocycles. The maximum Gasteiger partial charge on any atom is 0.251 e. The van der Waals surface area contributed by atoms with Gasteiger partial charge in [-0.1, -0.05) is 25.4 Å². The Labute approximate surface area is 151 Å². The topological polar surface area (TPSA) is 58.2 Å². The van der Waals surface area contributed by atoms with Crippen LogP contribution in [-0.2, 0) is 4.79 Å². The average Bonchev–Trinajstić information content (AvgIpc) is 2.56. The summed E-state index contributed by atoms with van der Waals surface area (Å²) in [4.78, 5) is 24.9. The summed E-state index contributed by atoms with van der Waals surface area (Å²) in [6.07, 6.45) is 0.479. The van der Waals surface area contributed by atoms with Gasteiger partial charge in [0.2, 0.25) is 5.91 Å². The first-order valence-electron chi connectivity index (χ1n) is 7.98. The molecule has 2 aromatic carbocycles. The van der Waals surface area contributed by atoms with Crippen LogP contribution in [0.4, 0.5) is 10.1 Å². The molecule has 132 valence electrons. The van der Waals surface area contributed by atoms with Gasteiger partial charge in [0.05, 0.1) is 0 Å². The normalized spacial score (nSPS) is 11.9. The molecule has 0 saturated heterocycles. The van der Waals surface area contributed by atoms with Gasteiger partial charge in [-0.2, -0.15) is 0 Å². The third-order valence-corrected chi connectivity index (χ3v) is 3.80. The van der Waals surface area contributed by atoms with Crippen molar-refractivity contribution in [2.24, 2.45) is 5.92 Å². The van der Waals surface area contributed by atoms with Gasteiger partial charge in [-0.25, -0.2) is 4.39 Å². The van der Waals surface area contributed by atoms with E-state index in [1.165, 1.54) is 24.3 Å². The summed E-state index contributed by atoms with van der Waals surface area (Å²) in [6, 6.07) is 11.2. The number of hydrogen-bond donors (Lipinski definition) is 2. The van der Waals surface area contributed by atoms with Gasteiger partial charge >= 0.3 is 0 Å². The molecule has 0 radical (unpaired) electrons. The molecule has 0 fully saturated rings. The molecule has 4 nitrogen and oxygen atoms in total. The van der Waals surface area contributed by atoms with Crippen LogP contribution in [-0.4, -0.2) is 17.9 Å². The van der Waals surface area contributed by atoms with Crippen molar-refractivity contribution in [2.45, 2.75) is 26.3 Å². The fourth-order valence-corrected chi connectivity index (χ4v) is 2.43. The first-order valence-corrected chi connectivity index (χ1v) is 8.36. The van der Waals surface area contributed by atoms with Crippen molar-refractivity contribution in [1.82, 2.24) is 5.32 Å². The molecule has 2 amide bonds. The molecular weight excluding hydrogens is 343 g/mol. The Kier molecular flexibility index (Phi) is 6.53. The predicted molar refractivity (Wildman–Crippen MR) is 97.2 cm³/mol. The molecule has 0 aliphatic rings. The summed E-state index contributed by atoms with van der Waals surface area (Å²) >= 11 is 5.82. The van der Waals surface area contributed by atoms with Crippen LogP contribution in [0.5, 0.6) is 0 Å². The molecule has 2 rings (SSSR count). The number of halogens is 2. The molecule has 0 unspecified atom stereocenters. The summed E-state index contributed by atoms with van der Waals surface area (Å²) in [6.45, 7) is 3.93. The van der Waals surface area contributed by atoms with E-state index in [0.29, 0.717) is 22.7 Å². The molecule has 0 saturated carbocycles. The zero-order chi connectivity index (χ0) is 18.4. The molecule has 2 N–H and O–H groups in total. The summed E-state index contributed by atoms with van der Waals surface area (Å²) in [5.41, 5.74) is 0.897. The van der Waals surface area contributed by atoms with Gasteiger partial charge in [-0.3, -0.25) is 9.59 Å². The van der Waals surface area contributed by atoms with E-state index in [4.69, 9.17) is 11.6 Å². The monoisotopic (exact) mass is 362 g/mol. The van der Waals surface area contributed by atoms with E-state index in [9.17, 15) is 14.0 Å². The van der Waals surface area contributed by atoms with Crippen LogP contribution in [0.1, 0.15) is 30.6 Å². The first kappa shape index (κ1) is 18.9. The lowest BCUT2D eigenvalue weighted by Crippen LogP contribution is -2.44. The van der Waals surface area contributed by atoms with Crippen LogP contribution in [0.3, 0.4) is 0 Å². The van der Waals surface area contributed by atoms with Crippen molar-refractivity contribution >= 4 is 29.1 Å². The highest BCUT2D eigenvalue weighted by Gasteiger charge is 2.22. The molecule has 1 atom stereocenters. The highest BCUT2D eigenvalue weighted by molar-refractivity contribution is 6.30. The van der Waals surface area contributed by atoms with Gasteiger partial charge in [0, 0.05) is 16.3 Å². The van der Waals surface area contributed by atoms with Crippen molar-refractivity contribution in [1.29, 1.82) is 0 Å². The van der Waals surface area contributed by atoms with Crippen LogP contribution in [0.25, 0.3) is 0 Å². The van der Waals surface area contributed by atoms with Gasteiger partial charge in [0.15, 0.2) is 0 Å². The molecule has 0 aromatic heterocycles. The number of amides is 2. The van der Waals surface area contributed by atoms with E-state index >= 15 is 0 Å². The van der Waals surface area contributed by atoms with Crippen LogP contribution < -0.4 is 10.6 Å². The highest BCUT2D eigenvalue weighted by Crippen LogP contribution is 2.13. The summed E-state index contributed by atoms with van der Waals surface area (Å²) in [5.74, 6) is -0.874. The fraction of sp³-hybridized carbons (Fsp3) is 0.263. The minimum Gasteiger partial charge on any atom is -0.340 e. The lowest BCUT2D eigenvalue weighted by Gasteiger charge is -2.20. The molecule has 0 spiro atoms. The van der Waals surface area contributed by atoms with Crippen molar-refractivity contribution in [3.63, 3.8) is 0 Å². The second kappa shape index (κ2) is 8.62. The Morgan fingerprint density at radius 3 is 2.20 bits per heavy atom. The molecule has 6 heteroatoms. The van der Waals surface area contributed by atoms with Crippen molar-refractivity contribution in [3.8, 4) is 0 Å². The van der Waals surface area contributed by atoms with Crippen LogP contribution in [0.2, 0.25) is 5.02 Å². The van der Waals surface area contributed by atoms with Gasteiger partial charge in [-0.15, -0.1) is 0 Å². The first-order chi connectivity index (χ1) is 11.8. The number of hydrogen-bond acceptors (Lipinski definition) is 2. The zero-order valence-electron chi connectivity index (χ0n) is 14.1. The third-order valence-electron chi connectivity index (χ3n) is 3.55. The van der Waals surface area contributed by atoms with Gasteiger partial charge in [0.25, 0.3) is 5.91 Å². The number of anilines is 1. The summed E-state index contributed by atoms with van der Waals surface area (Å²) in [5, 5.41) is 5.98. The molecule has 25 heavy (non-hydrogen) atoms. The highest BCUT2D eigenvalue weighted by atomic mass is 35.5. The number of carbonyl (C=O) groups excluding carboxylic acids is 2. The van der Waals surface area contributed by atoms with Gasteiger partial charge in [-0.05, 0) is 60.9 Å². The molecule has 0 heterocycles. The Morgan fingerprint density at radius 1 is 1.04 bits per heavy atom.